The minimum absolute atomic E-state index is 0.0108. The van der Waals surface area contributed by atoms with E-state index in [9.17, 15) is 18.4 Å². The number of carbonyl (C=O) groups is 2. The van der Waals surface area contributed by atoms with Gasteiger partial charge in [0.15, 0.2) is 11.6 Å². The summed E-state index contributed by atoms with van der Waals surface area (Å²) in [5, 5.41) is 5.11. The summed E-state index contributed by atoms with van der Waals surface area (Å²) < 4.78 is 29.9. The number of anilines is 2. The Hall–Kier alpha value is -2.26. The van der Waals surface area contributed by atoms with Crippen molar-refractivity contribution in [2.75, 3.05) is 49.5 Å². The normalized spacial score (nSPS) is 26.0. The van der Waals surface area contributed by atoms with Crippen LogP contribution < -0.4 is 21.3 Å². The minimum atomic E-state index is -0.677. The van der Waals surface area contributed by atoms with Crippen LogP contribution in [0.4, 0.5) is 20.2 Å². The fraction of sp³-hybridized carbons (Fsp3) is 0.692. The van der Waals surface area contributed by atoms with Gasteiger partial charge in [-0.2, -0.15) is 0 Å². The van der Waals surface area contributed by atoms with Gasteiger partial charge in [0, 0.05) is 31.7 Å². The molecule has 2 amide bonds. The van der Waals surface area contributed by atoms with Gasteiger partial charge in [0.25, 0.3) is 0 Å². The van der Waals surface area contributed by atoms with Crippen LogP contribution in [-0.4, -0.2) is 62.0 Å². The van der Waals surface area contributed by atoms with Crippen molar-refractivity contribution in [3.05, 3.63) is 23.8 Å². The zero-order chi connectivity index (χ0) is 24.6. The Morgan fingerprint density at radius 3 is 2.26 bits per heavy atom. The lowest BCUT2D eigenvalue weighted by atomic mass is 9.57. The lowest BCUT2D eigenvalue weighted by Gasteiger charge is -2.52. The number of carbonyl (C=O) groups excluding carboxylic acids is 2. The zero-order valence-electron chi connectivity index (χ0n) is 20.3. The smallest absolute Gasteiger partial charge is 0.249 e. The first kappa shape index (κ1) is 24.4. The second kappa shape index (κ2) is 10.0. The van der Waals surface area contributed by atoms with Gasteiger partial charge in [-0.15, -0.1) is 0 Å². The maximum Gasteiger partial charge on any atom is 0.249 e. The number of likely N-dealkylation sites (tertiary alicyclic amines) is 1. The molecule has 4 aliphatic rings. The van der Waals surface area contributed by atoms with Crippen LogP contribution in [-0.2, 0) is 9.59 Å². The molecule has 3 saturated heterocycles. The lowest BCUT2D eigenvalue weighted by Crippen LogP contribution is -2.50. The van der Waals surface area contributed by atoms with E-state index in [0.29, 0.717) is 30.8 Å². The van der Waals surface area contributed by atoms with Gasteiger partial charge in [0.05, 0.1) is 0 Å². The molecule has 1 spiro atoms. The predicted molar refractivity (Wildman–Crippen MR) is 131 cm³/mol. The van der Waals surface area contributed by atoms with Crippen LogP contribution >= 0.6 is 0 Å². The molecule has 0 aromatic heterocycles. The Labute approximate surface area is 205 Å². The number of nitrogens with one attached hydrogen (secondary N) is 2. The molecule has 1 saturated carbocycles. The molecule has 192 valence electrons. The van der Waals surface area contributed by atoms with E-state index in [2.05, 4.69) is 15.5 Å². The van der Waals surface area contributed by atoms with Gasteiger partial charge in [0.2, 0.25) is 11.8 Å². The summed E-state index contributed by atoms with van der Waals surface area (Å²) in [6, 6.07) is 1.81. The number of benzene rings is 1. The Morgan fingerprint density at radius 2 is 1.66 bits per heavy atom. The number of nitrogens with zero attached hydrogens (tertiary/aromatic N) is 2. The SMILES string of the molecule is NCC1CC2(CCN(CC3CCN(c4c(F)cc(NC5CCC(=O)NC5=O)cc4F)CC3)CC2)C1. The van der Waals surface area contributed by atoms with Gasteiger partial charge in [-0.05, 0) is 94.0 Å². The number of imide groups is 1. The molecule has 1 aliphatic carbocycles. The van der Waals surface area contributed by atoms with Crippen molar-refractivity contribution < 1.29 is 18.4 Å². The maximum absolute atomic E-state index is 15.0. The molecule has 0 bridgehead atoms. The molecule has 9 heteroatoms. The molecule has 35 heavy (non-hydrogen) atoms. The van der Waals surface area contributed by atoms with Crippen molar-refractivity contribution in [2.24, 2.45) is 23.0 Å². The van der Waals surface area contributed by atoms with E-state index in [1.807, 2.05) is 4.90 Å². The number of amides is 2. The Bertz CT molecular complexity index is 926. The summed E-state index contributed by atoms with van der Waals surface area (Å²) in [5.74, 6) is -0.768. The van der Waals surface area contributed by atoms with Gasteiger partial charge in [-0.25, -0.2) is 8.78 Å². The molecule has 1 atom stereocenters. The van der Waals surface area contributed by atoms with Gasteiger partial charge in [-0.3, -0.25) is 14.9 Å². The molecule has 0 radical (unpaired) electrons. The number of hydrogen-bond acceptors (Lipinski definition) is 6. The average Bonchev–Trinajstić information content (AvgIpc) is 2.81. The van der Waals surface area contributed by atoms with Crippen LogP contribution in [0.3, 0.4) is 0 Å². The highest BCUT2D eigenvalue weighted by Crippen LogP contribution is 2.52. The molecule has 1 aromatic rings. The first-order valence-electron chi connectivity index (χ1n) is 13.1. The van der Waals surface area contributed by atoms with E-state index in [4.69, 9.17) is 5.73 Å². The molecule has 3 heterocycles. The van der Waals surface area contributed by atoms with Crippen LogP contribution in [0.1, 0.15) is 51.4 Å². The van der Waals surface area contributed by atoms with Crippen LogP contribution in [0.25, 0.3) is 0 Å². The number of rotatable bonds is 6. The molecular formula is C26H37F2N5O2. The summed E-state index contributed by atoms with van der Waals surface area (Å²) in [7, 11) is 0. The highest BCUT2D eigenvalue weighted by molar-refractivity contribution is 6.01. The second-order valence-electron chi connectivity index (χ2n) is 11.2. The highest BCUT2D eigenvalue weighted by atomic mass is 19.1. The third kappa shape index (κ3) is 5.31. The first-order valence-corrected chi connectivity index (χ1v) is 13.1. The fourth-order valence-electron chi connectivity index (χ4n) is 6.64. The first-order chi connectivity index (χ1) is 16.8. The van der Waals surface area contributed by atoms with Gasteiger partial charge >= 0.3 is 0 Å². The number of nitrogens with two attached hydrogens (primary N) is 1. The number of halogens is 2. The molecule has 7 nitrogen and oxygen atoms in total. The van der Waals surface area contributed by atoms with E-state index >= 15 is 0 Å². The lowest BCUT2D eigenvalue weighted by molar-refractivity contribution is -0.133. The summed E-state index contributed by atoms with van der Waals surface area (Å²) in [5.41, 5.74) is 6.59. The molecule has 3 aliphatic heterocycles. The van der Waals surface area contributed by atoms with Crippen molar-refractivity contribution in [3.8, 4) is 0 Å². The van der Waals surface area contributed by atoms with E-state index < -0.39 is 23.6 Å². The van der Waals surface area contributed by atoms with E-state index in [1.165, 1.54) is 37.8 Å². The standard InChI is InChI=1S/C26H37F2N5O2/c27-20-11-19(30-22-1-2-23(34)31-25(22)35)12-21(28)24(20)33-7-3-17(4-8-33)16-32-9-5-26(6-10-32)13-18(14-26)15-29/h11-12,17-18,22,30H,1-10,13-16,29H2,(H,31,34,35). The summed E-state index contributed by atoms with van der Waals surface area (Å²) >= 11 is 0. The summed E-state index contributed by atoms with van der Waals surface area (Å²) in [6.07, 6.45) is 7.50. The van der Waals surface area contributed by atoms with E-state index in [0.717, 1.165) is 44.9 Å². The van der Waals surface area contributed by atoms with Gasteiger partial charge in [0.1, 0.15) is 11.7 Å². The van der Waals surface area contributed by atoms with Crippen LogP contribution in [0.2, 0.25) is 0 Å². The molecule has 1 aromatic carbocycles. The van der Waals surface area contributed by atoms with Crippen molar-refractivity contribution in [1.29, 1.82) is 0 Å². The highest BCUT2D eigenvalue weighted by Gasteiger charge is 2.45. The third-order valence-electron chi connectivity index (χ3n) is 8.74. The van der Waals surface area contributed by atoms with Crippen LogP contribution in [0.5, 0.6) is 0 Å². The molecule has 5 rings (SSSR count). The van der Waals surface area contributed by atoms with E-state index in [1.54, 1.807) is 0 Å². The fourth-order valence-corrected chi connectivity index (χ4v) is 6.64. The topological polar surface area (TPSA) is 90.7 Å². The van der Waals surface area contributed by atoms with Crippen LogP contribution in [0.15, 0.2) is 12.1 Å². The quantitative estimate of drug-likeness (QED) is 0.533. The Morgan fingerprint density at radius 1 is 1.00 bits per heavy atom. The van der Waals surface area contributed by atoms with E-state index in [-0.39, 0.29) is 23.7 Å². The summed E-state index contributed by atoms with van der Waals surface area (Å²) in [4.78, 5) is 27.6. The van der Waals surface area contributed by atoms with Crippen molar-refractivity contribution in [1.82, 2.24) is 10.2 Å². The summed E-state index contributed by atoms with van der Waals surface area (Å²) in [6.45, 7) is 5.47. The van der Waals surface area contributed by atoms with Crippen molar-refractivity contribution in [3.63, 3.8) is 0 Å². The van der Waals surface area contributed by atoms with Gasteiger partial charge < -0.3 is 20.9 Å². The minimum Gasteiger partial charge on any atom is -0.373 e. The average molecular weight is 490 g/mol. The van der Waals surface area contributed by atoms with Crippen molar-refractivity contribution >= 4 is 23.2 Å². The monoisotopic (exact) mass is 489 g/mol. The molecule has 1 unspecified atom stereocenters. The molecule has 4 fully saturated rings. The Balaban J connectivity index is 1.11. The van der Waals surface area contributed by atoms with Crippen LogP contribution in [0, 0.1) is 28.9 Å². The Kier molecular flexibility index (Phi) is 6.99. The van der Waals surface area contributed by atoms with Crippen molar-refractivity contribution in [2.45, 2.75) is 57.4 Å². The maximum atomic E-state index is 15.0. The predicted octanol–water partition coefficient (Wildman–Crippen LogP) is 2.85. The third-order valence-corrected chi connectivity index (χ3v) is 8.74. The largest absolute Gasteiger partial charge is 0.373 e. The molecular weight excluding hydrogens is 452 g/mol. The zero-order valence-corrected chi connectivity index (χ0v) is 20.3. The number of hydrogen-bond donors (Lipinski definition) is 3. The second-order valence-corrected chi connectivity index (χ2v) is 11.2. The van der Waals surface area contributed by atoms with Gasteiger partial charge in [-0.1, -0.05) is 0 Å². The molecule has 4 N–H and O–H groups in total. The number of piperidine rings is 3.